The highest BCUT2D eigenvalue weighted by molar-refractivity contribution is 6.31. The molecule has 0 aliphatic rings. The number of hydrogen-bond donors (Lipinski definition) is 2. The summed E-state index contributed by atoms with van der Waals surface area (Å²) in [6.07, 6.45) is 1.45. The third-order valence-electron chi connectivity index (χ3n) is 4.28. The molecule has 1 amide bonds. The van der Waals surface area contributed by atoms with Crippen molar-refractivity contribution >= 4 is 35.2 Å². The van der Waals surface area contributed by atoms with Crippen molar-refractivity contribution in [1.82, 2.24) is 0 Å². The van der Waals surface area contributed by atoms with Crippen LogP contribution < -0.4 is 10.1 Å². The molecule has 7 heteroatoms. The van der Waals surface area contributed by atoms with Crippen molar-refractivity contribution < 1.29 is 19.4 Å². The zero-order chi connectivity index (χ0) is 22.2. The van der Waals surface area contributed by atoms with Gasteiger partial charge in [0.25, 0.3) is 5.91 Å². The van der Waals surface area contributed by atoms with Gasteiger partial charge in [0, 0.05) is 16.3 Å². The predicted octanol–water partition coefficient (Wildman–Crippen LogP) is 5.16. The third-order valence-corrected chi connectivity index (χ3v) is 4.64. The van der Waals surface area contributed by atoms with Gasteiger partial charge in [-0.05, 0) is 54.1 Å². The molecular formula is C24H17ClN2O4. The lowest BCUT2D eigenvalue weighted by Gasteiger charge is -2.09. The Morgan fingerprint density at radius 3 is 2.48 bits per heavy atom. The van der Waals surface area contributed by atoms with Gasteiger partial charge in [-0.2, -0.15) is 5.26 Å². The molecule has 3 aromatic carbocycles. The van der Waals surface area contributed by atoms with Crippen molar-refractivity contribution in [3.8, 4) is 11.8 Å². The minimum Gasteiger partial charge on any atom is -0.489 e. The van der Waals surface area contributed by atoms with Crippen LogP contribution in [0.2, 0.25) is 5.02 Å². The van der Waals surface area contributed by atoms with Crippen LogP contribution in [0.1, 0.15) is 21.5 Å². The number of carbonyl (C=O) groups is 2. The van der Waals surface area contributed by atoms with Crippen molar-refractivity contribution in [3.63, 3.8) is 0 Å². The minimum atomic E-state index is -1.06. The normalized spacial score (nSPS) is 10.8. The summed E-state index contributed by atoms with van der Waals surface area (Å²) in [5.74, 6) is -1.10. The zero-order valence-corrected chi connectivity index (χ0v) is 17.0. The van der Waals surface area contributed by atoms with E-state index in [1.807, 2.05) is 24.3 Å². The van der Waals surface area contributed by atoms with Crippen LogP contribution in [0, 0.1) is 11.3 Å². The van der Waals surface area contributed by atoms with Gasteiger partial charge in [-0.1, -0.05) is 41.9 Å². The Morgan fingerprint density at radius 1 is 1.06 bits per heavy atom. The van der Waals surface area contributed by atoms with Gasteiger partial charge in [0.2, 0.25) is 0 Å². The number of carbonyl (C=O) groups excluding carboxylic acids is 1. The molecule has 3 aromatic rings. The number of carboxylic acids is 1. The number of amides is 1. The zero-order valence-electron chi connectivity index (χ0n) is 16.2. The molecule has 0 fully saturated rings. The second kappa shape index (κ2) is 10.1. The van der Waals surface area contributed by atoms with E-state index in [1.54, 1.807) is 30.3 Å². The molecule has 0 aromatic heterocycles. The van der Waals surface area contributed by atoms with E-state index < -0.39 is 11.9 Å². The van der Waals surface area contributed by atoms with Crippen molar-refractivity contribution in [3.05, 3.63) is 100 Å². The highest BCUT2D eigenvalue weighted by Crippen LogP contribution is 2.21. The number of nitrogens with one attached hydrogen (secondary N) is 1. The molecule has 0 heterocycles. The van der Waals surface area contributed by atoms with Crippen LogP contribution in [-0.4, -0.2) is 17.0 Å². The molecular weight excluding hydrogens is 416 g/mol. The van der Waals surface area contributed by atoms with Gasteiger partial charge in [-0.25, -0.2) is 4.79 Å². The van der Waals surface area contributed by atoms with Crippen LogP contribution in [0.25, 0.3) is 6.08 Å². The first-order chi connectivity index (χ1) is 15.0. The lowest BCUT2D eigenvalue weighted by Crippen LogP contribution is -2.13. The molecule has 0 spiro atoms. The lowest BCUT2D eigenvalue weighted by atomic mass is 10.1. The summed E-state index contributed by atoms with van der Waals surface area (Å²) in [6, 6.07) is 21.9. The van der Waals surface area contributed by atoms with E-state index in [4.69, 9.17) is 21.4 Å². The Hall–Kier alpha value is -4.08. The first-order valence-corrected chi connectivity index (χ1v) is 9.57. The summed E-state index contributed by atoms with van der Waals surface area (Å²) in [4.78, 5) is 23.3. The summed E-state index contributed by atoms with van der Waals surface area (Å²) in [6.45, 7) is 0.283. The summed E-state index contributed by atoms with van der Waals surface area (Å²) in [7, 11) is 0. The summed E-state index contributed by atoms with van der Waals surface area (Å²) in [5, 5.41) is 21.5. The monoisotopic (exact) mass is 432 g/mol. The Kier molecular flexibility index (Phi) is 7.05. The number of ether oxygens (including phenoxy) is 1. The van der Waals surface area contributed by atoms with Gasteiger partial charge >= 0.3 is 5.97 Å². The van der Waals surface area contributed by atoms with E-state index in [2.05, 4.69) is 5.32 Å². The van der Waals surface area contributed by atoms with Gasteiger partial charge in [0.15, 0.2) is 0 Å². The molecule has 0 saturated heterocycles. The Morgan fingerprint density at radius 2 is 1.81 bits per heavy atom. The number of hydrogen-bond acceptors (Lipinski definition) is 4. The molecule has 0 bridgehead atoms. The molecule has 0 unspecified atom stereocenters. The van der Waals surface area contributed by atoms with Gasteiger partial charge in [-0.3, -0.25) is 4.79 Å². The SMILES string of the molecule is N#C/C(=C\c1cccc(OCc2ccccc2Cl)c1)C(=O)Nc1ccc(C(=O)O)cc1. The highest BCUT2D eigenvalue weighted by Gasteiger charge is 2.11. The van der Waals surface area contributed by atoms with E-state index >= 15 is 0 Å². The highest BCUT2D eigenvalue weighted by atomic mass is 35.5. The fourth-order valence-corrected chi connectivity index (χ4v) is 2.87. The van der Waals surface area contributed by atoms with Crippen LogP contribution in [0.4, 0.5) is 5.69 Å². The lowest BCUT2D eigenvalue weighted by molar-refractivity contribution is -0.112. The van der Waals surface area contributed by atoms with Gasteiger partial charge in [0.05, 0.1) is 5.56 Å². The van der Waals surface area contributed by atoms with Gasteiger partial charge < -0.3 is 15.2 Å². The molecule has 2 N–H and O–H groups in total. The Bertz CT molecular complexity index is 1180. The first kappa shape index (κ1) is 21.6. The van der Waals surface area contributed by atoms with Crippen LogP contribution >= 0.6 is 11.6 Å². The third kappa shape index (κ3) is 5.95. The number of anilines is 1. The molecule has 3 rings (SSSR count). The Balaban J connectivity index is 1.70. The molecule has 31 heavy (non-hydrogen) atoms. The van der Waals surface area contributed by atoms with Crippen molar-refractivity contribution in [1.29, 1.82) is 5.26 Å². The first-order valence-electron chi connectivity index (χ1n) is 9.19. The standard InChI is InChI=1S/C24H17ClN2O4/c25-22-7-2-1-5-18(22)15-31-21-6-3-4-16(13-21)12-19(14-26)23(28)27-20-10-8-17(9-11-20)24(29)30/h1-13H,15H2,(H,27,28)(H,29,30)/b19-12+. The molecule has 0 aliphatic heterocycles. The predicted molar refractivity (Wildman–Crippen MR) is 118 cm³/mol. The number of rotatable bonds is 7. The molecule has 154 valence electrons. The maximum Gasteiger partial charge on any atom is 0.335 e. The quantitative estimate of drug-likeness (QED) is 0.396. The molecule has 6 nitrogen and oxygen atoms in total. The number of benzene rings is 3. The average Bonchev–Trinajstić information content (AvgIpc) is 2.77. The summed E-state index contributed by atoms with van der Waals surface area (Å²) < 4.78 is 5.77. The van der Waals surface area contributed by atoms with E-state index in [9.17, 15) is 14.9 Å². The number of nitriles is 1. The largest absolute Gasteiger partial charge is 0.489 e. The van der Waals surface area contributed by atoms with E-state index in [1.165, 1.54) is 30.3 Å². The maximum absolute atomic E-state index is 12.4. The molecule has 0 aliphatic carbocycles. The Labute approximate surface area is 184 Å². The van der Waals surface area contributed by atoms with Crippen LogP contribution in [0.3, 0.4) is 0 Å². The molecule has 0 atom stereocenters. The second-order valence-electron chi connectivity index (χ2n) is 6.46. The molecule has 0 saturated carbocycles. The fraction of sp³-hybridized carbons (Fsp3) is 0.0417. The number of aromatic carboxylic acids is 1. The van der Waals surface area contributed by atoms with Crippen LogP contribution in [0.15, 0.2) is 78.4 Å². The van der Waals surface area contributed by atoms with E-state index in [0.29, 0.717) is 22.0 Å². The number of halogens is 1. The van der Waals surface area contributed by atoms with E-state index in [-0.39, 0.29) is 17.7 Å². The van der Waals surface area contributed by atoms with Crippen LogP contribution in [0.5, 0.6) is 5.75 Å². The van der Waals surface area contributed by atoms with E-state index in [0.717, 1.165) is 5.56 Å². The molecule has 0 radical (unpaired) electrons. The smallest absolute Gasteiger partial charge is 0.335 e. The second-order valence-corrected chi connectivity index (χ2v) is 6.87. The fourth-order valence-electron chi connectivity index (χ4n) is 2.68. The number of carboxylic acid groups (broad SMARTS) is 1. The van der Waals surface area contributed by atoms with Crippen molar-refractivity contribution in [2.75, 3.05) is 5.32 Å². The minimum absolute atomic E-state index is 0.0997. The topological polar surface area (TPSA) is 99.4 Å². The van der Waals surface area contributed by atoms with Gasteiger partial charge in [0.1, 0.15) is 24.0 Å². The van der Waals surface area contributed by atoms with Crippen molar-refractivity contribution in [2.45, 2.75) is 6.61 Å². The van der Waals surface area contributed by atoms with Gasteiger partial charge in [-0.15, -0.1) is 0 Å². The number of nitrogens with zero attached hydrogens (tertiary/aromatic N) is 1. The van der Waals surface area contributed by atoms with Crippen molar-refractivity contribution in [2.24, 2.45) is 0 Å². The summed E-state index contributed by atoms with van der Waals surface area (Å²) >= 11 is 6.14. The maximum atomic E-state index is 12.4. The van der Waals surface area contributed by atoms with Crippen LogP contribution in [-0.2, 0) is 11.4 Å². The average molecular weight is 433 g/mol. The summed E-state index contributed by atoms with van der Waals surface area (Å²) in [5.41, 5.74) is 1.84.